The van der Waals surface area contributed by atoms with Crippen LogP contribution in [0, 0.1) is 11.9 Å². The number of H-pyrrole nitrogens is 1. The van der Waals surface area contributed by atoms with Crippen molar-refractivity contribution in [1.29, 1.82) is 0 Å². The molecule has 0 saturated carbocycles. The number of aromatic amines is 1. The number of benzene rings is 1. The molecule has 59 valence electrons. The number of nitrogens with zero attached hydrogens (tertiary/aromatic N) is 1. The molecule has 0 amide bonds. The van der Waals surface area contributed by atoms with Gasteiger partial charge in [0.1, 0.15) is 5.82 Å². The lowest BCUT2D eigenvalue weighted by Crippen LogP contribution is -2.05. The molecule has 3 nitrogen and oxygen atoms in total. The predicted molar refractivity (Wildman–Crippen MR) is 41.2 cm³/mol. The minimum atomic E-state index is -0.513. The van der Waals surface area contributed by atoms with Crippen LogP contribution in [0.25, 0.3) is 10.9 Å². The maximum absolute atomic E-state index is 12.6. The molecule has 1 aromatic heterocycles. The highest BCUT2D eigenvalue weighted by Gasteiger charge is 1.99. The lowest BCUT2D eigenvalue weighted by Gasteiger charge is -1.93. The first-order chi connectivity index (χ1) is 5.77. The molecular weight excluding hydrogens is 159 g/mol. The normalized spacial score (nSPS) is 10.4. The number of aromatic nitrogens is 2. The fraction of sp³-hybridized carbons (Fsp3) is 0. The topological polar surface area (TPSA) is 45.8 Å². The Morgan fingerprint density at radius 1 is 1.58 bits per heavy atom. The molecule has 1 aromatic carbocycles. The summed E-state index contributed by atoms with van der Waals surface area (Å²) in [6, 6.07) is 4.75. The van der Waals surface area contributed by atoms with E-state index in [0.717, 1.165) is 0 Å². The van der Waals surface area contributed by atoms with Crippen molar-refractivity contribution in [1.82, 2.24) is 9.97 Å². The van der Waals surface area contributed by atoms with Crippen molar-refractivity contribution in [2.75, 3.05) is 0 Å². The van der Waals surface area contributed by atoms with Crippen molar-refractivity contribution in [3.8, 4) is 0 Å². The molecule has 1 radical (unpaired) electrons. The molecule has 0 aliphatic carbocycles. The fourth-order valence-corrected chi connectivity index (χ4v) is 0.981. The summed E-state index contributed by atoms with van der Waals surface area (Å²) in [6.45, 7) is 0. The Bertz CT molecular complexity index is 478. The SMILES string of the molecule is O=c1[nH]cnc2cc(F)[c]cc12. The summed E-state index contributed by atoms with van der Waals surface area (Å²) >= 11 is 0. The number of fused-ring (bicyclic) bond motifs is 1. The summed E-state index contributed by atoms with van der Waals surface area (Å²) in [6.07, 6.45) is 1.24. The summed E-state index contributed by atoms with van der Waals surface area (Å²) in [5, 5.41) is 0.346. The third kappa shape index (κ3) is 0.972. The van der Waals surface area contributed by atoms with Gasteiger partial charge in [-0.3, -0.25) is 4.79 Å². The highest BCUT2D eigenvalue weighted by Crippen LogP contribution is 2.06. The molecule has 0 aliphatic rings. The lowest BCUT2D eigenvalue weighted by molar-refractivity contribution is 0.627. The molecule has 0 saturated heterocycles. The zero-order chi connectivity index (χ0) is 8.55. The monoisotopic (exact) mass is 163 g/mol. The Balaban J connectivity index is 2.96. The number of hydrogen-bond acceptors (Lipinski definition) is 2. The minimum absolute atomic E-state index is 0.281. The highest BCUT2D eigenvalue weighted by atomic mass is 19.1. The van der Waals surface area contributed by atoms with Crippen LogP contribution in [0.3, 0.4) is 0 Å². The van der Waals surface area contributed by atoms with Crippen LogP contribution in [0.4, 0.5) is 4.39 Å². The van der Waals surface area contributed by atoms with Gasteiger partial charge in [-0.1, -0.05) is 0 Å². The van der Waals surface area contributed by atoms with E-state index >= 15 is 0 Å². The third-order valence-corrected chi connectivity index (χ3v) is 1.54. The second-order valence-electron chi connectivity index (χ2n) is 2.31. The van der Waals surface area contributed by atoms with E-state index in [4.69, 9.17) is 0 Å². The van der Waals surface area contributed by atoms with Gasteiger partial charge in [-0.15, -0.1) is 0 Å². The number of rotatable bonds is 0. The molecule has 4 heteroatoms. The van der Waals surface area contributed by atoms with E-state index in [1.165, 1.54) is 18.5 Å². The first-order valence-corrected chi connectivity index (χ1v) is 3.32. The Kier molecular flexibility index (Phi) is 1.40. The van der Waals surface area contributed by atoms with Crippen LogP contribution in [0.15, 0.2) is 23.3 Å². The molecule has 12 heavy (non-hydrogen) atoms. The van der Waals surface area contributed by atoms with E-state index in [1.807, 2.05) is 0 Å². The van der Waals surface area contributed by atoms with Crippen LogP contribution in [-0.2, 0) is 0 Å². The molecule has 0 atom stereocenters. The van der Waals surface area contributed by atoms with Crippen molar-refractivity contribution >= 4 is 10.9 Å². The maximum atomic E-state index is 12.6. The van der Waals surface area contributed by atoms with Crippen molar-refractivity contribution in [3.63, 3.8) is 0 Å². The van der Waals surface area contributed by atoms with Gasteiger partial charge in [0.15, 0.2) is 0 Å². The van der Waals surface area contributed by atoms with Gasteiger partial charge in [-0.25, -0.2) is 9.37 Å². The van der Waals surface area contributed by atoms with Crippen LogP contribution in [0.5, 0.6) is 0 Å². The Morgan fingerprint density at radius 3 is 3.25 bits per heavy atom. The van der Waals surface area contributed by atoms with E-state index in [1.54, 1.807) is 0 Å². The van der Waals surface area contributed by atoms with Crippen LogP contribution in [0.2, 0.25) is 0 Å². The van der Waals surface area contributed by atoms with Gasteiger partial charge < -0.3 is 4.98 Å². The summed E-state index contributed by atoms with van der Waals surface area (Å²) in [5.74, 6) is -0.513. The summed E-state index contributed by atoms with van der Waals surface area (Å²) in [4.78, 5) is 17.2. The van der Waals surface area contributed by atoms with Gasteiger partial charge in [0, 0.05) is 12.1 Å². The van der Waals surface area contributed by atoms with Gasteiger partial charge >= 0.3 is 0 Å². The smallest absolute Gasteiger partial charge is 0.258 e. The average molecular weight is 163 g/mol. The molecule has 0 spiro atoms. The standard InChI is InChI=1S/C8H4FN2O/c9-5-1-2-6-7(3-5)10-4-11-8(6)12/h2-4H,(H,10,11,12). The average Bonchev–Trinajstić information content (AvgIpc) is 2.04. The van der Waals surface area contributed by atoms with Crippen molar-refractivity contribution in [2.45, 2.75) is 0 Å². The highest BCUT2D eigenvalue weighted by molar-refractivity contribution is 5.76. The second-order valence-corrected chi connectivity index (χ2v) is 2.31. The van der Waals surface area contributed by atoms with Gasteiger partial charge in [-0.05, 0) is 6.07 Å². The quantitative estimate of drug-likeness (QED) is 0.626. The van der Waals surface area contributed by atoms with Crippen molar-refractivity contribution < 1.29 is 4.39 Å². The summed E-state index contributed by atoms with van der Waals surface area (Å²) < 4.78 is 12.6. The van der Waals surface area contributed by atoms with Crippen LogP contribution < -0.4 is 5.56 Å². The van der Waals surface area contributed by atoms with Crippen LogP contribution in [0.1, 0.15) is 0 Å². The van der Waals surface area contributed by atoms with Gasteiger partial charge in [0.25, 0.3) is 5.56 Å². The minimum Gasteiger partial charge on any atom is -0.313 e. The molecule has 0 bridgehead atoms. The molecule has 1 N–H and O–H groups in total. The Morgan fingerprint density at radius 2 is 2.42 bits per heavy atom. The number of nitrogens with one attached hydrogen (secondary N) is 1. The van der Waals surface area contributed by atoms with Gasteiger partial charge in [0.05, 0.1) is 17.2 Å². The van der Waals surface area contributed by atoms with Crippen LogP contribution >= 0.6 is 0 Å². The molecule has 0 aliphatic heterocycles. The second kappa shape index (κ2) is 2.41. The zero-order valence-corrected chi connectivity index (χ0v) is 5.97. The van der Waals surface area contributed by atoms with Crippen LogP contribution in [-0.4, -0.2) is 9.97 Å². The number of hydrogen-bond donors (Lipinski definition) is 1. The van der Waals surface area contributed by atoms with E-state index in [0.29, 0.717) is 10.9 Å². The molecule has 2 rings (SSSR count). The first kappa shape index (κ1) is 6.97. The molecule has 2 aromatic rings. The lowest BCUT2D eigenvalue weighted by atomic mass is 10.2. The largest absolute Gasteiger partial charge is 0.313 e. The first-order valence-electron chi connectivity index (χ1n) is 3.32. The van der Waals surface area contributed by atoms with Gasteiger partial charge in [-0.2, -0.15) is 0 Å². The summed E-state index contributed by atoms with van der Waals surface area (Å²) in [5.41, 5.74) is 0.0613. The van der Waals surface area contributed by atoms with E-state index < -0.39 is 5.82 Å². The van der Waals surface area contributed by atoms with Gasteiger partial charge in [0.2, 0.25) is 0 Å². The Labute approximate surface area is 66.9 Å². The van der Waals surface area contributed by atoms with Crippen molar-refractivity contribution in [3.05, 3.63) is 40.7 Å². The third-order valence-electron chi connectivity index (χ3n) is 1.54. The van der Waals surface area contributed by atoms with E-state index in [-0.39, 0.29) is 5.56 Å². The van der Waals surface area contributed by atoms with Crippen molar-refractivity contribution in [2.24, 2.45) is 0 Å². The number of halogens is 1. The van der Waals surface area contributed by atoms with E-state index in [9.17, 15) is 9.18 Å². The zero-order valence-electron chi connectivity index (χ0n) is 5.97. The fourth-order valence-electron chi connectivity index (χ4n) is 0.981. The molecule has 0 unspecified atom stereocenters. The summed E-state index contributed by atoms with van der Waals surface area (Å²) in [7, 11) is 0. The van der Waals surface area contributed by atoms with E-state index in [2.05, 4.69) is 16.0 Å². The molecule has 1 heterocycles. The molecular formula is C8H4FN2O. The Hall–Kier alpha value is -1.71. The maximum Gasteiger partial charge on any atom is 0.258 e. The predicted octanol–water partition coefficient (Wildman–Crippen LogP) is 0.862. The molecule has 0 fully saturated rings.